The van der Waals surface area contributed by atoms with Crippen molar-refractivity contribution >= 4 is 11.9 Å². The first kappa shape index (κ1) is 6.86. The Morgan fingerprint density at radius 1 is 1.50 bits per heavy atom. The van der Waals surface area contributed by atoms with Gasteiger partial charge in [0.2, 0.25) is 0 Å². The van der Waals surface area contributed by atoms with E-state index in [-0.39, 0.29) is 0 Å². The molecule has 0 aromatic heterocycles. The van der Waals surface area contributed by atoms with E-state index in [4.69, 9.17) is 10.3 Å². The SMILES string of the molecule is O=C(O)C(=O)ONO. The van der Waals surface area contributed by atoms with Crippen LogP contribution in [0, 0.1) is 0 Å². The molecule has 0 radical (unpaired) electrons. The van der Waals surface area contributed by atoms with Crippen LogP contribution in [-0.2, 0) is 14.4 Å². The van der Waals surface area contributed by atoms with Gasteiger partial charge in [0.1, 0.15) is 0 Å². The summed E-state index contributed by atoms with van der Waals surface area (Å²) in [6.45, 7) is 0. The van der Waals surface area contributed by atoms with Crippen molar-refractivity contribution in [3.05, 3.63) is 0 Å². The number of carboxylic acids is 1. The van der Waals surface area contributed by atoms with Crippen molar-refractivity contribution in [2.24, 2.45) is 0 Å². The maximum Gasteiger partial charge on any atom is 0.437 e. The normalized spacial score (nSPS) is 8.12. The monoisotopic (exact) mass is 121 g/mol. The van der Waals surface area contributed by atoms with Gasteiger partial charge in [-0.3, -0.25) is 5.21 Å². The van der Waals surface area contributed by atoms with Gasteiger partial charge in [0.05, 0.1) is 0 Å². The Kier molecular flexibility index (Phi) is 2.52. The molecule has 0 unspecified atom stereocenters. The van der Waals surface area contributed by atoms with Crippen LogP contribution in [0.2, 0.25) is 0 Å². The number of carbonyl (C=O) groups excluding carboxylic acids is 1. The summed E-state index contributed by atoms with van der Waals surface area (Å²) in [6, 6.07) is 0. The number of aliphatic carboxylic acids is 1. The lowest BCUT2D eigenvalue weighted by Gasteiger charge is -1.90. The van der Waals surface area contributed by atoms with Gasteiger partial charge >= 0.3 is 11.9 Å². The van der Waals surface area contributed by atoms with Gasteiger partial charge in [-0.15, -0.1) is 0 Å². The van der Waals surface area contributed by atoms with Crippen LogP contribution in [0.5, 0.6) is 0 Å². The van der Waals surface area contributed by atoms with Crippen LogP contribution in [0.3, 0.4) is 0 Å². The van der Waals surface area contributed by atoms with Crippen LogP contribution in [0.4, 0.5) is 0 Å². The number of rotatable bonds is 1. The van der Waals surface area contributed by atoms with Crippen molar-refractivity contribution in [2.45, 2.75) is 0 Å². The minimum Gasteiger partial charge on any atom is -0.473 e. The summed E-state index contributed by atoms with van der Waals surface area (Å²) in [4.78, 5) is 22.5. The Hall–Kier alpha value is -1.14. The average Bonchev–Trinajstić information content (AvgIpc) is 1.67. The largest absolute Gasteiger partial charge is 0.473 e. The molecular weight excluding hydrogens is 118 g/mol. The molecule has 6 heteroatoms. The number of carbonyl (C=O) groups is 2. The average molecular weight is 121 g/mol. The van der Waals surface area contributed by atoms with E-state index >= 15 is 0 Å². The van der Waals surface area contributed by atoms with E-state index in [0.29, 0.717) is 0 Å². The molecule has 8 heavy (non-hydrogen) atoms. The number of hydrogen-bond acceptors (Lipinski definition) is 5. The van der Waals surface area contributed by atoms with Crippen LogP contribution < -0.4 is 5.64 Å². The Labute approximate surface area is 43.6 Å². The highest BCUT2D eigenvalue weighted by atomic mass is 16.9. The molecule has 0 saturated heterocycles. The molecule has 0 aromatic carbocycles. The molecule has 0 spiro atoms. The van der Waals surface area contributed by atoms with Crippen molar-refractivity contribution < 1.29 is 24.7 Å². The van der Waals surface area contributed by atoms with Crippen molar-refractivity contribution in [3.8, 4) is 0 Å². The molecule has 0 heterocycles. The Morgan fingerprint density at radius 2 is 2.00 bits per heavy atom. The van der Waals surface area contributed by atoms with E-state index in [9.17, 15) is 9.59 Å². The van der Waals surface area contributed by atoms with Crippen molar-refractivity contribution in [2.75, 3.05) is 0 Å². The van der Waals surface area contributed by atoms with Crippen LogP contribution in [0.1, 0.15) is 0 Å². The van der Waals surface area contributed by atoms with Crippen molar-refractivity contribution in [1.29, 1.82) is 0 Å². The molecule has 6 nitrogen and oxygen atoms in total. The summed E-state index contributed by atoms with van der Waals surface area (Å²) >= 11 is 0. The molecule has 0 amide bonds. The zero-order chi connectivity index (χ0) is 6.57. The maximum atomic E-state index is 9.70. The zero-order valence-corrected chi connectivity index (χ0v) is 3.62. The van der Waals surface area contributed by atoms with Gasteiger partial charge in [-0.1, -0.05) is 0 Å². The maximum absolute atomic E-state index is 9.70. The summed E-state index contributed by atoms with van der Waals surface area (Å²) < 4.78 is 0. The van der Waals surface area contributed by atoms with Crippen LogP contribution >= 0.6 is 0 Å². The van der Waals surface area contributed by atoms with Gasteiger partial charge in [0.15, 0.2) is 0 Å². The predicted molar refractivity (Wildman–Crippen MR) is 18.7 cm³/mol. The fourth-order valence-corrected chi connectivity index (χ4v) is 0.0851. The number of hydrogen-bond donors (Lipinski definition) is 3. The fourth-order valence-electron chi connectivity index (χ4n) is 0.0851. The van der Waals surface area contributed by atoms with Gasteiger partial charge in [-0.25, -0.2) is 9.59 Å². The van der Waals surface area contributed by atoms with Gasteiger partial charge in [-0.2, -0.15) is 0 Å². The molecule has 0 aliphatic carbocycles. The first-order chi connectivity index (χ1) is 3.68. The van der Waals surface area contributed by atoms with Crippen LogP contribution in [-0.4, -0.2) is 22.3 Å². The molecule has 0 bridgehead atoms. The standard InChI is InChI=1S/C2H3NO5/c4-1(5)2(6)8-3-7/h3,7H,(H,4,5). The van der Waals surface area contributed by atoms with E-state index in [1.165, 1.54) is 0 Å². The van der Waals surface area contributed by atoms with Gasteiger partial charge in [0.25, 0.3) is 0 Å². The third kappa shape index (κ3) is 2.11. The summed E-state index contributed by atoms with van der Waals surface area (Å²) in [7, 11) is 0. The first-order valence-corrected chi connectivity index (χ1v) is 1.51. The van der Waals surface area contributed by atoms with E-state index < -0.39 is 11.9 Å². The Morgan fingerprint density at radius 3 is 2.12 bits per heavy atom. The highest BCUT2D eigenvalue weighted by molar-refractivity contribution is 6.28. The second kappa shape index (κ2) is 2.94. The predicted octanol–water partition coefficient (Wildman–Crippen LogP) is -1.49. The van der Waals surface area contributed by atoms with Crippen LogP contribution in [0.15, 0.2) is 0 Å². The summed E-state index contributed by atoms with van der Waals surface area (Å²) in [5, 5.41) is 15.2. The number of nitrogens with one attached hydrogen (secondary N) is 1. The van der Waals surface area contributed by atoms with Crippen molar-refractivity contribution in [1.82, 2.24) is 5.64 Å². The van der Waals surface area contributed by atoms with Gasteiger partial charge in [-0.05, 0) is 5.64 Å². The smallest absolute Gasteiger partial charge is 0.437 e. The molecule has 3 N–H and O–H groups in total. The molecule has 46 valence electrons. The van der Waals surface area contributed by atoms with Crippen LogP contribution in [0.25, 0.3) is 0 Å². The Bertz CT molecular complexity index is 109. The molecule has 0 aliphatic heterocycles. The summed E-state index contributed by atoms with van der Waals surface area (Å²) in [5.74, 6) is -3.33. The summed E-state index contributed by atoms with van der Waals surface area (Å²) in [5.41, 5.74) is 0.918. The number of carboxylic acid groups (broad SMARTS) is 1. The highest BCUT2D eigenvalue weighted by Crippen LogP contribution is 1.68. The first-order valence-electron chi connectivity index (χ1n) is 1.51. The van der Waals surface area contributed by atoms with Gasteiger partial charge < -0.3 is 9.94 Å². The zero-order valence-electron chi connectivity index (χ0n) is 3.62. The molecular formula is C2H3NO5. The minimum atomic E-state index is -1.77. The van der Waals surface area contributed by atoms with Crippen molar-refractivity contribution in [3.63, 3.8) is 0 Å². The second-order valence-electron chi connectivity index (χ2n) is 0.786. The summed E-state index contributed by atoms with van der Waals surface area (Å²) in [6.07, 6.45) is 0. The highest BCUT2D eigenvalue weighted by Gasteiger charge is 2.11. The lowest BCUT2D eigenvalue weighted by atomic mass is 10.7. The van der Waals surface area contributed by atoms with E-state index in [2.05, 4.69) is 4.84 Å². The third-order valence-electron chi connectivity index (χ3n) is 0.313. The molecule has 0 atom stereocenters. The second-order valence-corrected chi connectivity index (χ2v) is 0.786. The van der Waals surface area contributed by atoms with E-state index in [1.54, 1.807) is 0 Å². The molecule has 0 rings (SSSR count). The van der Waals surface area contributed by atoms with Gasteiger partial charge in [0, 0.05) is 0 Å². The molecule has 0 saturated carbocycles. The molecule has 0 aromatic rings. The fraction of sp³-hybridized carbons (Fsp3) is 0. The molecule has 0 fully saturated rings. The Balaban J connectivity index is 3.49. The van der Waals surface area contributed by atoms with E-state index in [0.717, 1.165) is 5.64 Å². The van der Waals surface area contributed by atoms with E-state index in [1.807, 2.05) is 0 Å². The quantitative estimate of drug-likeness (QED) is 0.289. The lowest BCUT2D eigenvalue weighted by molar-refractivity contribution is -0.186. The third-order valence-corrected chi connectivity index (χ3v) is 0.313. The molecule has 0 aliphatic rings. The minimum absolute atomic E-state index is 0.918. The lowest BCUT2D eigenvalue weighted by Crippen LogP contribution is -2.22. The topological polar surface area (TPSA) is 95.9 Å².